The molecule has 0 bridgehead atoms. The Bertz CT molecular complexity index is 998. The van der Waals surface area contributed by atoms with Crippen LogP contribution in [0, 0.1) is 12.4 Å². The van der Waals surface area contributed by atoms with E-state index in [9.17, 15) is 4.39 Å². The first-order chi connectivity index (χ1) is 11.6. The molecule has 0 unspecified atom stereocenters. The van der Waals surface area contributed by atoms with Gasteiger partial charge in [0.15, 0.2) is 0 Å². The lowest BCUT2D eigenvalue weighted by atomic mass is 9.79. The number of pyridine rings is 1. The van der Waals surface area contributed by atoms with E-state index in [4.69, 9.17) is 6.57 Å². The van der Waals surface area contributed by atoms with E-state index in [1.165, 1.54) is 0 Å². The van der Waals surface area contributed by atoms with Crippen LogP contribution in [0.2, 0.25) is 0 Å². The van der Waals surface area contributed by atoms with Gasteiger partial charge in [-0.3, -0.25) is 4.98 Å². The van der Waals surface area contributed by atoms with Crippen LogP contribution >= 0.6 is 0 Å². The summed E-state index contributed by atoms with van der Waals surface area (Å²) >= 11 is 0. The summed E-state index contributed by atoms with van der Waals surface area (Å²) < 4.78 is 14.9. The van der Waals surface area contributed by atoms with E-state index in [1.54, 1.807) is 12.3 Å². The highest BCUT2D eigenvalue weighted by atomic mass is 19.1. The van der Waals surface area contributed by atoms with E-state index < -0.39 is 11.2 Å². The van der Waals surface area contributed by atoms with Gasteiger partial charge >= 0.3 is 0 Å². The highest BCUT2D eigenvalue weighted by Crippen LogP contribution is 2.53. The molecule has 0 N–H and O–H groups in total. The van der Waals surface area contributed by atoms with Crippen LogP contribution in [0.3, 0.4) is 0 Å². The zero-order valence-corrected chi connectivity index (χ0v) is 13.5. The average molecular weight is 314 g/mol. The monoisotopic (exact) mass is 314 g/mol. The zero-order chi connectivity index (χ0) is 16.9. The van der Waals surface area contributed by atoms with E-state index in [2.05, 4.69) is 9.83 Å². The molecule has 24 heavy (non-hydrogen) atoms. The predicted molar refractivity (Wildman–Crippen MR) is 93.5 cm³/mol. The van der Waals surface area contributed by atoms with Crippen molar-refractivity contribution >= 4 is 5.69 Å². The predicted octanol–water partition coefficient (Wildman–Crippen LogP) is 5.74. The van der Waals surface area contributed by atoms with Gasteiger partial charge in [0.05, 0.1) is 12.3 Å². The van der Waals surface area contributed by atoms with Crippen LogP contribution in [0.4, 0.5) is 10.1 Å². The number of benzene rings is 2. The molecular weight excluding hydrogens is 299 g/mol. The van der Waals surface area contributed by atoms with Gasteiger partial charge in [-0.25, -0.2) is 9.24 Å². The third-order valence-corrected chi connectivity index (χ3v) is 4.79. The minimum Gasteiger partial charge on any atom is -0.256 e. The molecule has 0 aliphatic heterocycles. The Morgan fingerprint density at radius 1 is 0.917 bits per heavy atom. The molecule has 0 spiro atoms. The largest absolute Gasteiger partial charge is 0.256 e. The lowest BCUT2D eigenvalue weighted by Crippen LogP contribution is -2.18. The second kappa shape index (κ2) is 5.01. The molecule has 2 nitrogen and oxygen atoms in total. The number of aromatic nitrogens is 1. The molecule has 1 aliphatic carbocycles. The maximum absolute atomic E-state index is 14.9. The standard InChI is InChI=1S/C21H15FN2/c1-21(2)18-13(14-10-11-17(23-3)20(22)19(14)21)7-6-8-15(18)16-9-4-5-12-24-16/h4-12H,1-2H3. The molecule has 116 valence electrons. The van der Waals surface area contributed by atoms with E-state index in [0.29, 0.717) is 5.56 Å². The Balaban J connectivity index is 2.07. The second-order valence-electron chi connectivity index (χ2n) is 6.50. The lowest BCUT2D eigenvalue weighted by molar-refractivity contribution is 0.564. The van der Waals surface area contributed by atoms with Crippen LogP contribution in [0.25, 0.3) is 27.2 Å². The third-order valence-electron chi connectivity index (χ3n) is 4.79. The summed E-state index contributed by atoms with van der Waals surface area (Å²) in [5.41, 5.74) is 5.01. The van der Waals surface area contributed by atoms with Crippen LogP contribution in [-0.4, -0.2) is 4.98 Å². The van der Waals surface area contributed by atoms with Crippen molar-refractivity contribution in [2.45, 2.75) is 19.3 Å². The van der Waals surface area contributed by atoms with Gasteiger partial charge in [-0.1, -0.05) is 50.2 Å². The molecule has 0 saturated heterocycles. The second-order valence-corrected chi connectivity index (χ2v) is 6.50. The summed E-state index contributed by atoms with van der Waals surface area (Å²) in [7, 11) is 0. The number of rotatable bonds is 1. The van der Waals surface area contributed by atoms with Gasteiger partial charge in [0.25, 0.3) is 0 Å². The van der Waals surface area contributed by atoms with Crippen molar-refractivity contribution in [1.29, 1.82) is 0 Å². The summed E-state index contributed by atoms with van der Waals surface area (Å²) in [6.07, 6.45) is 1.77. The maximum atomic E-state index is 14.9. The van der Waals surface area contributed by atoms with Gasteiger partial charge in [0, 0.05) is 17.2 Å². The van der Waals surface area contributed by atoms with Crippen LogP contribution in [0.15, 0.2) is 54.7 Å². The first kappa shape index (κ1) is 14.6. The molecule has 0 fully saturated rings. The summed E-state index contributed by atoms with van der Waals surface area (Å²) in [6, 6.07) is 15.3. The summed E-state index contributed by atoms with van der Waals surface area (Å²) in [5, 5.41) is 0. The molecular formula is C21H15FN2. The van der Waals surface area contributed by atoms with Gasteiger partial charge in [0.1, 0.15) is 5.82 Å². The SMILES string of the molecule is [C-]#[N+]c1ccc2c(c1F)C(C)(C)c1c(-c3ccccn3)cccc1-2. The summed E-state index contributed by atoms with van der Waals surface area (Å²) in [4.78, 5) is 7.79. The fourth-order valence-corrected chi connectivity index (χ4v) is 3.80. The van der Waals surface area contributed by atoms with Crippen molar-refractivity contribution in [2.24, 2.45) is 0 Å². The van der Waals surface area contributed by atoms with E-state index in [0.717, 1.165) is 27.9 Å². The first-order valence-corrected chi connectivity index (χ1v) is 7.81. The van der Waals surface area contributed by atoms with E-state index in [-0.39, 0.29) is 5.69 Å². The average Bonchev–Trinajstić information content (AvgIpc) is 2.84. The highest BCUT2D eigenvalue weighted by Gasteiger charge is 2.40. The molecule has 1 aliphatic rings. The lowest BCUT2D eigenvalue weighted by Gasteiger charge is -2.24. The number of hydrogen-bond donors (Lipinski definition) is 0. The molecule has 1 heterocycles. The van der Waals surface area contributed by atoms with Crippen molar-refractivity contribution in [2.75, 3.05) is 0 Å². The third kappa shape index (κ3) is 1.83. The quantitative estimate of drug-likeness (QED) is 0.523. The first-order valence-electron chi connectivity index (χ1n) is 7.81. The van der Waals surface area contributed by atoms with Gasteiger partial charge < -0.3 is 0 Å². The molecule has 1 aromatic heterocycles. The van der Waals surface area contributed by atoms with Crippen LogP contribution < -0.4 is 0 Å². The normalized spacial score (nSPS) is 13.9. The van der Waals surface area contributed by atoms with Gasteiger partial charge in [-0.2, -0.15) is 0 Å². The molecule has 4 rings (SSSR count). The zero-order valence-electron chi connectivity index (χ0n) is 13.5. The summed E-state index contributed by atoms with van der Waals surface area (Å²) in [5.74, 6) is -0.407. The van der Waals surface area contributed by atoms with Crippen molar-refractivity contribution in [3.05, 3.63) is 83.1 Å². The minimum atomic E-state index is -0.524. The van der Waals surface area contributed by atoms with E-state index in [1.807, 2.05) is 56.3 Å². The van der Waals surface area contributed by atoms with Gasteiger partial charge in [-0.15, -0.1) is 0 Å². The Morgan fingerprint density at radius 3 is 2.38 bits per heavy atom. The molecule has 3 aromatic rings. The molecule has 0 atom stereocenters. The summed E-state index contributed by atoms with van der Waals surface area (Å²) in [6.45, 7) is 11.2. The van der Waals surface area contributed by atoms with Crippen LogP contribution in [0.1, 0.15) is 25.0 Å². The van der Waals surface area contributed by atoms with Gasteiger partial charge in [-0.05, 0) is 34.4 Å². The number of halogens is 1. The van der Waals surface area contributed by atoms with Crippen LogP contribution in [0.5, 0.6) is 0 Å². The topological polar surface area (TPSA) is 17.2 Å². The maximum Gasteiger partial charge on any atom is 0.222 e. The molecule has 2 aromatic carbocycles. The number of fused-ring (bicyclic) bond motifs is 3. The van der Waals surface area contributed by atoms with Gasteiger partial charge in [0.2, 0.25) is 5.69 Å². The Kier molecular flexibility index (Phi) is 3.04. The highest BCUT2D eigenvalue weighted by molar-refractivity contribution is 5.88. The fourth-order valence-electron chi connectivity index (χ4n) is 3.80. The van der Waals surface area contributed by atoms with Crippen molar-refractivity contribution in [3.63, 3.8) is 0 Å². The Morgan fingerprint density at radius 2 is 1.67 bits per heavy atom. The molecule has 0 radical (unpaired) electrons. The molecule has 0 saturated carbocycles. The minimum absolute atomic E-state index is 0.0778. The van der Waals surface area contributed by atoms with Crippen molar-refractivity contribution < 1.29 is 4.39 Å². The Labute approximate surface area is 140 Å². The smallest absolute Gasteiger partial charge is 0.222 e. The number of nitrogens with zero attached hydrogens (tertiary/aromatic N) is 2. The molecule has 0 amide bonds. The van der Waals surface area contributed by atoms with E-state index >= 15 is 0 Å². The fraction of sp³-hybridized carbons (Fsp3) is 0.143. The molecule has 3 heteroatoms. The Hall–Kier alpha value is -2.99. The number of hydrogen-bond acceptors (Lipinski definition) is 1. The van der Waals surface area contributed by atoms with Crippen molar-refractivity contribution in [3.8, 4) is 22.4 Å². The van der Waals surface area contributed by atoms with Crippen molar-refractivity contribution in [1.82, 2.24) is 4.98 Å². The van der Waals surface area contributed by atoms with Crippen LogP contribution in [-0.2, 0) is 5.41 Å².